The average Bonchev–Trinajstić information content (AvgIpc) is 2.52. The highest BCUT2D eigenvalue weighted by molar-refractivity contribution is 9.10. The molecule has 0 aliphatic carbocycles. The van der Waals surface area contributed by atoms with Crippen molar-refractivity contribution in [2.75, 3.05) is 17.2 Å². The van der Waals surface area contributed by atoms with Gasteiger partial charge < -0.3 is 10.5 Å². The van der Waals surface area contributed by atoms with Gasteiger partial charge in [0.2, 0.25) is 0 Å². The number of anilines is 1. The first-order valence-electron chi connectivity index (χ1n) is 4.88. The van der Waals surface area contributed by atoms with Gasteiger partial charge >= 0.3 is 0 Å². The van der Waals surface area contributed by atoms with Crippen molar-refractivity contribution in [2.45, 2.75) is 12.5 Å². The second-order valence-corrected chi connectivity index (χ2v) is 6.92. The minimum Gasteiger partial charge on any atom is -0.488 e. The molecule has 1 unspecified atom stereocenters. The predicted octanol–water partition coefficient (Wildman–Crippen LogP) is 1.60. The fourth-order valence-corrected chi connectivity index (χ4v) is 3.57. The second kappa shape index (κ2) is 4.25. The van der Waals surface area contributed by atoms with Gasteiger partial charge in [-0.05, 0) is 34.5 Å². The average molecular weight is 306 g/mol. The number of nitrogens with two attached hydrogens (primary N) is 1. The van der Waals surface area contributed by atoms with E-state index in [1.54, 1.807) is 18.2 Å². The molecule has 0 bridgehead atoms. The van der Waals surface area contributed by atoms with Gasteiger partial charge in [0, 0.05) is 11.8 Å². The summed E-state index contributed by atoms with van der Waals surface area (Å²) in [4.78, 5) is 0. The minimum absolute atomic E-state index is 0.0915. The number of sulfone groups is 1. The normalized spacial score (nSPS) is 23.2. The largest absolute Gasteiger partial charge is 0.488 e. The van der Waals surface area contributed by atoms with Crippen molar-refractivity contribution < 1.29 is 13.2 Å². The van der Waals surface area contributed by atoms with Crippen LogP contribution in [0.2, 0.25) is 0 Å². The fraction of sp³-hybridized carbons (Fsp3) is 0.400. The molecule has 1 fully saturated rings. The molecule has 0 amide bonds. The van der Waals surface area contributed by atoms with Crippen LogP contribution in [0.4, 0.5) is 5.69 Å². The van der Waals surface area contributed by atoms with Crippen LogP contribution in [0.15, 0.2) is 22.7 Å². The van der Waals surface area contributed by atoms with Gasteiger partial charge in [-0.25, -0.2) is 8.42 Å². The summed E-state index contributed by atoms with van der Waals surface area (Å²) in [6.45, 7) is 0. The maximum absolute atomic E-state index is 11.3. The van der Waals surface area contributed by atoms with E-state index < -0.39 is 9.84 Å². The van der Waals surface area contributed by atoms with Crippen molar-refractivity contribution in [3.8, 4) is 5.75 Å². The zero-order chi connectivity index (χ0) is 11.8. The Balaban J connectivity index is 2.13. The molecule has 0 radical (unpaired) electrons. The standard InChI is InChI=1S/C10H12BrNO3S/c11-9-2-1-7(12)5-10(9)15-8-3-4-16(13,14)6-8/h1-2,5,8H,3-4,6,12H2. The number of rotatable bonds is 2. The van der Waals surface area contributed by atoms with Crippen molar-refractivity contribution in [1.29, 1.82) is 0 Å². The molecule has 1 aromatic rings. The lowest BCUT2D eigenvalue weighted by Gasteiger charge is -2.13. The van der Waals surface area contributed by atoms with Crippen LogP contribution in [0.1, 0.15) is 6.42 Å². The fourth-order valence-electron chi connectivity index (χ4n) is 1.64. The van der Waals surface area contributed by atoms with Gasteiger partial charge in [-0.1, -0.05) is 0 Å². The smallest absolute Gasteiger partial charge is 0.154 e. The summed E-state index contributed by atoms with van der Waals surface area (Å²) in [5, 5.41) is 0. The van der Waals surface area contributed by atoms with Crippen molar-refractivity contribution in [1.82, 2.24) is 0 Å². The molecule has 0 saturated carbocycles. The summed E-state index contributed by atoms with van der Waals surface area (Å²) in [6.07, 6.45) is 0.284. The first kappa shape index (κ1) is 11.7. The van der Waals surface area contributed by atoms with Gasteiger partial charge in [0.25, 0.3) is 0 Å². The van der Waals surface area contributed by atoms with E-state index in [4.69, 9.17) is 10.5 Å². The number of ether oxygens (including phenoxy) is 1. The first-order chi connectivity index (χ1) is 7.46. The third-order valence-corrected chi connectivity index (χ3v) is 4.83. The van der Waals surface area contributed by atoms with Crippen molar-refractivity contribution in [3.05, 3.63) is 22.7 Å². The Labute approximate surface area is 103 Å². The molecular weight excluding hydrogens is 294 g/mol. The van der Waals surface area contributed by atoms with E-state index >= 15 is 0 Å². The Bertz CT molecular complexity index is 501. The van der Waals surface area contributed by atoms with Gasteiger partial charge in [-0.2, -0.15) is 0 Å². The van der Waals surface area contributed by atoms with Crippen LogP contribution in [-0.2, 0) is 9.84 Å². The van der Waals surface area contributed by atoms with Gasteiger partial charge in [-0.15, -0.1) is 0 Å². The molecule has 1 atom stereocenters. The number of halogens is 1. The zero-order valence-corrected chi connectivity index (χ0v) is 10.9. The third kappa shape index (κ3) is 2.68. The molecule has 6 heteroatoms. The highest BCUT2D eigenvalue weighted by Gasteiger charge is 2.29. The molecule has 16 heavy (non-hydrogen) atoms. The summed E-state index contributed by atoms with van der Waals surface area (Å²) >= 11 is 3.34. The zero-order valence-electron chi connectivity index (χ0n) is 8.52. The predicted molar refractivity (Wildman–Crippen MR) is 66.2 cm³/mol. The molecular formula is C10H12BrNO3S. The molecule has 1 saturated heterocycles. The van der Waals surface area contributed by atoms with Gasteiger partial charge in [0.15, 0.2) is 9.84 Å². The topological polar surface area (TPSA) is 69.4 Å². The van der Waals surface area contributed by atoms with E-state index in [9.17, 15) is 8.42 Å². The Morgan fingerprint density at radius 1 is 1.44 bits per heavy atom. The SMILES string of the molecule is Nc1ccc(Br)c(OC2CCS(=O)(=O)C2)c1. The lowest BCUT2D eigenvalue weighted by Crippen LogP contribution is -2.18. The Morgan fingerprint density at radius 2 is 2.19 bits per heavy atom. The summed E-state index contributed by atoms with van der Waals surface area (Å²) in [6, 6.07) is 5.23. The minimum atomic E-state index is -2.91. The van der Waals surface area contributed by atoms with E-state index in [1.807, 2.05) is 0 Å². The number of nitrogen functional groups attached to an aromatic ring is 1. The van der Waals surface area contributed by atoms with Gasteiger partial charge in [0.05, 0.1) is 16.0 Å². The van der Waals surface area contributed by atoms with Crippen LogP contribution < -0.4 is 10.5 Å². The van der Waals surface area contributed by atoms with Crippen LogP contribution in [0, 0.1) is 0 Å². The molecule has 2 N–H and O–H groups in total. The van der Waals surface area contributed by atoms with E-state index in [1.165, 1.54) is 0 Å². The quantitative estimate of drug-likeness (QED) is 0.843. The summed E-state index contributed by atoms with van der Waals surface area (Å²) in [5.41, 5.74) is 6.23. The maximum Gasteiger partial charge on any atom is 0.154 e. The number of benzene rings is 1. The Morgan fingerprint density at radius 3 is 2.81 bits per heavy atom. The van der Waals surface area contributed by atoms with Crippen LogP contribution in [0.25, 0.3) is 0 Å². The van der Waals surface area contributed by atoms with Gasteiger partial charge in [-0.3, -0.25) is 0 Å². The highest BCUT2D eigenvalue weighted by Crippen LogP contribution is 2.29. The van der Waals surface area contributed by atoms with Crippen LogP contribution >= 0.6 is 15.9 Å². The van der Waals surface area contributed by atoms with Crippen LogP contribution in [0.3, 0.4) is 0 Å². The lowest BCUT2D eigenvalue weighted by atomic mass is 10.3. The molecule has 0 spiro atoms. The summed E-state index contributed by atoms with van der Waals surface area (Å²) < 4.78 is 28.9. The molecule has 2 rings (SSSR count). The maximum atomic E-state index is 11.3. The van der Waals surface area contributed by atoms with Crippen molar-refractivity contribution >= 4 is 31.5 Å². The van der Waals surface area contributed by atoms with Crippen LogP contribution in [-0.4, -0.2) is 26.0 Å². The number of hydrogen-bond acceptors (Lipinski definition) is 4. The molecule has 1 aliphatic heterocycles. The molecule has 1 heterocycles. The van der Waals surface area contributed by atoms with Gasteiger partial charge in [0.1, 0.15) is 11.9 Å². The second-order valence-electron chi connectivity index (χ2n) is 3.83. The molecule has 0 aromatic heterocycles. The lowest BCUT2D eigenvalue weighted by molar-refractivity contribution is 0.227. The number of hydrogen-bond donors (Lipinski definition) is 1. The molecule has 88 valence electrons. The third-order valence-electron chi connectivity index (χ3n) is 2.44. The Hall–Kier alpha value is -0.750. The van der Waals surface area contributed by atoms with E-state index in [0.29, 0.717) is 17.9 Å². The van der Waals surface area contributed by atoms with E-state index in [-0.39, 0.29) is 17.6 Å². The van der Waals surface area contributed by atoms with E-state index in [0.717, 1.165) is 4.47 Å². The van der Waals surface area contributed by atoms with Crippen molar-refractivity contribution in [2.24, 2.45) is 0 Å². The molecule has 4 nitrogen and oxygen atoms in total. The summed E-state index contributed by atoms with van der Waals surface area (Å²) in [7, 11) is -2.91. The molecule has 1 aliphatic rings. The van der Waals surface area contributed by atoms with Crippen molar-refractivity contribution in [3.63, 3.8) is 0 Å². The van der Waals surface area contributed by atoms with E-state index in [2.05, 4.69) is 15.9 Å². The monoisotopic (exact) mass is 305 g/mol. The highest BCUT2D eigenvalue weighted by atomic mass is 79.9. The first-order valence-corrected chi connectivity index (χ1v) is 7.50. The summed E-state index contributed by atoms with van der Waals surface area (Å²) in [5.74, 6) is 0.897. The van der Waals surface area contributed by atoms with Crippen LogP contribution in [0.5, 0.6) is 5.75 Å². The molecule has 1 aromatic carbocycles. The Kier molecular flexibility index (Phi) is 3.12.